The van der Waals surface area contributed by atoms with Crippen LogP contribution in [0.1, 0.15) is 10.4 Å². The van der Waals surface area contributed by atoms with Crippen LogP contribution in [0.5, 0.6) is 5.75 Å². The number of nitrogens with one attached hydrogen (secondary N) is 1. The van der Waals surface area contributed by atoms with Crippen LogP contribution in [0.25, 0.3) is 56.0 Å². The molecule has 204 valence electrons. The lowest BCUT2D eigenvalue weighted by atomic mass is 10.0. The monoisotopic (exact) mass is 569 g/mol. The maximum absolute atomic E-state index is 14.6. The van der Waals surface area contributed by atoms with Crippen molar-refractivity contribution in [3.05, 3.63) is 84.1 Å². The molecule has 3 aromatic carbocycles. The minimum absolute atomic E-state index is 0.200. The Morgan fingerprint density at radius 1 is 1.10 bits per heavy atom. The van der Waals surface area contributed by atoms with Crippen LogP contribution in [0.4, 0.5) is 14.5 Å². The predicted molar refractivity (Wildman–Crippen MR) is 155 cm³/mol. The summed E-state index contributed by atoms with van der Waals surface area (Å²) < 4.78 is 43.8. The zero-order chi connectivity index (χ0) is 28.4. The highest BCUT2D eigenvalue weighted by Gasteiger charge is 2.27. The van der Waals surface area contributed by atoms with E-state index in [-0.39, 0.29) is 18.5 Å². The Hall–Kier alpha value is -4.90. The molecule has 0 spiro atoms. The number of nitrogens with zero attached hydrogens (tertiary/aromatic N) is 4. The molecule has 4 heterocycles. The maximum Gasteiger partial charge on any atom is 0.255 e. The second kappa shape index (κ2) is 9.34. The van der Waals surface area contributed by atoms with Crippen molar-refractivity contribution in [1.82, 2.24) is 19.9 Å². The van der Waals surface area contributed by atoms with Crippen molar-refractivity contribution in [2.24, 2.45) is 0 Å². The quantitative estimate of drug-likeness (QED) is 0.238. The van der Waals surface area contributed by atoms with Crippen LogP contribution in [-0.4, -0.2) is 34.5 Å². The molecule has 0 aliphatic carbocycles. The molecule has 1 aliphatic rings. The highest BCUT2D eigenvalue weighted by Crippen LogP contribution is 2.42. The first kappa shape index (κ1) is 25.1. The summed E-state index contributed by atoms with van der Waals surface area (Å²) in [6.07, 6.45) is 1.58. The van der Waals surface area contributed by atoms with Crippen molar-refractivity contribution in [3.8, 4) is 39.8 Å². The number of anilines is 1. The van der Waals surface area contributed by atoms with Gasteiger partial charge in [-0.2, -0.15) is 0 Å². The number of furan rings is 1. The average Bonchev–Trinajstić information content (AvgIpc) is 3.55. The number of benzene rings is 3. The van der Waals surface area contributed by atoms with Gasteiger partial charge in [0.05, 0.1) is 28.7 Å². The number of aromatic nitrogens is 3. The number of amides is 1. The Kier molecular flexibility index (Phi) is 5.72. The molecule has 0 fully saturated rings. The third-order valence-electron chi connectivity index (χ3n) is 7.20. The standard InChI is InChI=1S/C30H21F2N5O3S/c1-33-30(38)26-19-10-18(22(36(2)41)12-24(19)40-28(26)15-6-8-16(31)9-7-15)29-34-13-25-27(35-29)23-11-17-20(32)4-3-5-21(17)37(23)14-39-25/h3-13,41H,14H2,1-2H3,(H,33,38). The molecule has 0 unspecified atom stereocenters. The van der Waals surface area contributed by atoms with Gasteiger partial charge in [-0.05, 0) is 48.5 Å². The van der Waals surface area contributed by atoms with Crippen molar-refractivity contribution in [1.29, 1.82) is 0 Å². The number of rotatable bonds is 4. The van der Waals surface area contributed by atoms with Crippen molar-refractivity contribution in [2.75, 3.05) is 18.4 Å². The van der Waals surface area contributed by atoms with Crippen LogP contribution in [0.3, 0.4) is 0 Å². The molecule has 7 rings (SSSR count). The Morgan fingerprint density at radius 3 is 2.66 bits per heavy atom. The molecule has 8 nitrogen and oxygen atoms in total. The molecule has 0 atom stereocenters. The topological polar surface area (TPSA) is 85.4 Å². The number of thiol groups is 1. The summed E-state index contributed by atoms with van der Waals surface area (Å²) in [6, 6.07) is 15.9. The molecule has 0 saturated carbocycles. The summed E-state index contributed by atoms with van der Waals surface area (Å²) >= 11 is 4.54. The maximum atomic E-state index is 14.6. The van der Waals surface area contributed by atoms with E-state index in [1.165, 1.54) is 25.2 Å². The minimum atomic E-state index is -0.400. The van der Waals surface area contributed by atoms with Gasteiger partial charge in [0.15, 0.2) is 18.3 Å². The fourth-order valence-electron chi connectivity index (χ4n) is 5.24. The van der Waals surface area contributed by atoms with E-state index in [4.69, 9.17) is 14.1 Å². The Morgan fingerprint density at radius 2 is 1.90 bits per heavy atom. The molecule has 11 heteroatoms. The smallest absolute Gasteiger partial charge is 0.255 e. The van der Waals surface area contributed by atoms with E-state index in [9.17, 15) is 13.6 Å². The Bertz CT molecular complexity index is 2020. The summed E-state index contributed by atoms with van der Waals surface area (Å²) in [5.41, 5.74) is 4.37. The van der Waals surface area contributed by atoms with E-state index in [2.05, 4.69) is 23.1 Å². The van der Waals surface area contributed by atoms with Crippen molar-refractivity contribution in [2.45, 2.75) is 6.73 Å². The molecule has 1 N–H and O–H groups in total. The minimum Gasteiger partial charge on any atom is -0.469 e. The van der Waals surface area contributed by atoms with Gasteiger partial charge >= 0.3 is 0 Å². The normalized spacial score (nSPS) is 12.2. The highest BCUT2D eigenvalue weighted by molar-refractivity contribution is 7.81. The van der Waals surface area contributed by atoms with Gasteiger partial charge in [-0.15, -0.1) is 0 Å². The van der Waals surface area contributed by atoms with Crippen molar-refractivity contribution in [3.63, 3.8) is 0 Å². The zero-order valence-corrected chi connectivity index (χ0v) is 22.7. The summed E-state index contributed by atoms with van der Waals surface area (Å²) in [5.74, 6) is 0.0186. The van der Waals surface area contributed by atoms with E-state index < -0.39 is 5.82 Å². The van der Waals surface area contributed by atoms with Gasteiger partial charge < -0.3 is 23.3 Å². The number of hydrogen-bond donors (Lipinski definition) is 2. The lowest BCUT2D eigenvalue weighted by Gasteiger charge is -2.21. The first-order valence-electron chi connectivity index (χ1n) is 12.6. The van der Waals surface area contributed by atoms with E-state index in [1.807, 2.05) is 10.6 Å². The number of ether oxygens (including phenoxy) is 1. The molecule has 1 aliphatic heterocycles. The van der Waals surface area contributed by atoms with E-state index in [0.29, 0.717) is 73.0 Å². The van der Waals surface area contributed by atoms with Crippen LogP contribution in [0.15, 0.2) is 71.3 Å². The van der Waals surface area contributed by atoms with Crippen LogP contribution in [-0.2, 0) is 6.73 Å². The van der Waals surface area contributed by atoms with Gasteiger partial charge in [-0.1, -0.05) is 18.9 Å². The Labute approximate surface area is 237 Å². The van der Waals surface area contributed by atoms with Crippen LogP contribution >= 0.6 is 12.8 Å². The zero-order valence-electron chi connectivity index (χ0n) is 21.8. The van der Waals surface area contributed by atoms with Gasteiger partial charge in [0.2, 0.25) is 0 Å². The molecule has 41 heavy (non-hydrogen) atoms. The van der Waals surface area contributed by atoms with E-state index in [0.717, 1.165) is 0 Å². The van der Waals surface area contributed by atoms with Crippen molar-refractivity contribution >= 4 is 46.3 Å². The van der Waals surface area contributed by atoms with Gasteiger partial charge in [0, 0.05) is 42.1 Å². The highest BCUT2D eigenvalue weighted by atomic mass is 32.1. The molecule has 0 saturated heterocycles. The number of hydrogen-bond acceptors (Lipinski definition) is 7. The Balaban J connectivity index is 1.45. The van der Waals surface area contributed by atoms with Crippen LogP contribution in [0, 0.1) is 11.6 Å². The number of carbonyl (C=O) groups excluding carboxylic acids is 1. The molecule has 0 bridgehead atoms. The lowest BCUT2D eigenvalue weighted by Crippen LogP contribution is -2.18. The van der Waals surface area contributed by atoms with E-state index >= 15 is 0 Å². The summed E-state index contributed by atoms with van der Waals surface area (Å²) in [7, 11) is 3.28. The average molecular weight is 570 g/mol. The predicted octanol–water partition coefficient (Wildman–Crippen LogP) is 6.45. The summed E-state index contributed by atoms with van der Waals surface area (Å²) in [6.45, 7) is 0.200. The number of carbonyl (C=O) groups is 1. The first-order chi connectivity index (χ1) is 19.8. The lowest BCUT2D eigenvalue weighted by molar-refractivity contribution is 0.0964. The van der Waals surface area contributed by atoms with Crippen LogP contribution in [0.2, 0.25) is 0 Å². The second-order valence-electron chi connectivity index (χ2n) is 9.59. The molecular weight excluding hydrogens is 548 g/mol. The van der Waals surface area contributed by atoms with Gasteiger partial charge in [0.1, 0.15) is 28.7 Å². The molecule has 0 radical (unpaired) electrons. The third kappa shape index (κ3) is 3.92. The van der Waals surface area contributed by atoms with Gasteiger partial charge in [-0.25, -0.2) is 18.7 Å². The SMILES string of the molecule is CNC(=O)c1c(-c2ccc(F)cc2)oc2cc(N(C)S)c(-c3ncc4c(n3)-c3cc5c(F)cccc5n3CO4)cc12. The fourth-order valence-corrected chi connectivity index (χ4v) is 5.41. The molecule has 3 aromatic heterocycles. The van der Waals surface area contributed by atoms with Crippen molar-refractivity contribution < 1.29 is 22.7 Å². The first-order valence-corrected chi connectivity index (χ1v) is 13.0. The fraction of sp³-hybridized carbons (Fsp3) is 0.100. The largest absolute Gasteiger partial charge is 0.469 e. The molecule has 6 aromatic rings. The number of halogens is 2. The summed E-state index contributed by atoms with van der Waals surface area (Å²) in [5, 5.41) is 3.66. The van der Waals surface area contributed by atoms with E-state index in [1.54, 1.807) is 53.9 Å². The second-order valence-corrected chi connectivity index (χ2v) is 10.2. The van der Waals surface area contributed by atoms with Gasteiger partial charge in [-0.3, -0.25) is 4.79 Å². The molecule has 1 amide bonds. The summed E-state index contributed by atoms with van der Waals surface area (Å²) in [4.78, 5) is 22.5. The number of fused-ring (bicyclic) bond motifs is 6. The third-order valence-corrected chi connectivity index (χ3v) is 7.41. The van der Waals surface area contributed by atoms with Crippen LogP contribution < -0.4 is 14.4 Å². The molecular formula is C30H21F2N5O3S. The van der Waals surface area contributed by atoms with Gasteiger partial charge in [0.25, 0.3) is 5.91 Å².